The highest BCUT2D eigenvalue weighted by Gasteiger charge is 2.21. The lowest BCUT2D eigenvalue weighted by Gasteiger charge is -2.12. The summed E-state index contributed by atoms with van der Waals surface area (Å²) in [5, 5.41) is 15.9. The molecule has 2 rings (SSSR count). The number of carbonyl (C=O) groups excluding carboxylic acids is 1. The number of carboxylic acids is 1. The lowest BCUT2D eigenvalue weighted by atomic mass is 10.1. The highest BCUT2D eigenvalue weighted by atomic mass is 16.4. The summed E-state index contributed by atoms with van der Waals surface area (Å²) in [7, 11) is 0. The summed E-state index contributed by atoms with van der Waals surface area (Å²) in [6.45, 7) is 3.72. The molecule has 22 heavy (non-hydrogen) atoms. The fourth-order valence-corrected chi connectivity index (χ4v) is 2.19. The zero-order chi connectivity index (χ0) is 16.1. The summed E-state index contributed by atoms with van der Waals surface area (Å²) in [4.78, 5) is 23.3. The Morgan fingerprint density at radius 3 is 2.59 bits per heavy atom. The first-order valence-corrected chi connectivity index (χ1v) is 7.18. The summed E-state index contributed by atoms with van der Waals surface area (Å²) in [6, 6.07) is 10.2. The van der Waals surface area contributed by atoms with Gasteiger partial charge in [-0.25, -0.2) is 9.48 Å². The number of hydrogen-bond acceptors (Lipinski definition) is 3. The smallest absolute Gasteiger partial charge is 0.326 e. The van der Waals surface area contributed by atoms with Crippen LogP contribution < -0.4 is 5.32 Å². The van der Waals surface area contributed by atoms with Crippen LogP contribution in [0.25, 0.3) is 5.69 Å². The van der Waals surface area contributed by atoms with Crippen LogP contribution in [0.3, 0.4) is 0 Å². The second kappa shape index (κ2) is 6.89. The Morgan fingerprint density at radius 2 is 2.00 bits per heavy atom. The molecular weight excluding hydrogens is 282 g/mol. The van der Waals surface area contributed by atoms with Gasteiger partial charge in [0.2, 0.25) is 0 Å². The van der Waals surface area contributed by atoms with Crippen molar-refractivity contribution >= 4 is 11.9 Å². The molecule has 6 heteroatoms. The van der Waals surface area contributed by atoms with Gasteiger partial charge in [0.05, 0.1) is 5.69 Å². The van der Waals surface area contributed by atoms with Crippen molar-refractivity contribution in [2.75, 3.05) is 0 Å². The number of carbonyl (C=O) groups is 2. The van der Waals surface area contributed by atoms with Crippen molar-refractivity contribution < 1.29 is 14.7 Å². The van der Waals surface area contributed by atoms with Crippen molar-refractivity contribution in [3.05, 3.63) is 47.8 Å². The molecule has 1 heterocycles. The molecule has 2 N–H and O–H groups in total. The number of para-hydroxylation sites is 1. The molecule has 1 amide bonds. The van der Waals surface area contributed by atoms with E-state index in [1.54, 1.807) is 10.7 Å². The van der Waals surface area contributed by atoms with Crippen molar-refractivity contribution in [3.63, 3.8) is 0 Å². The minimum absolute atomic E-state index is 0.212. The molecule has 116 valence electrons. The lowest BCUT2D eigenvalue weighted by molar-refractivity contribution is -0.139. The summed E-state index contributed by atoms with van der Waals surface area (Å²) >= 11 is 0. The van der Waals surface area contributed by atoms with Gasteiger partial charge in [-0.1, -0.05) is 31.5 Å². The number of rotatable bonds is 6. The number of hydrogen-bond donors (Lipinski definition) is 2. The largest absolute Gasteiger partial charge is 0.480 e. The monoisotopic (exact) mass is 301 g/mol. The van der Waals surface area contributed by atoms with Crippen LogP contribution in [0.15, 0.2) is 36.4 Å². The van der Waals surface area contributed by atoms with Crippen molar-refractivity contribution in [1.29, 1.82) is 0 Å². The normalized spacial score (nSPS) is 11.9. The van der Waals surface area contributed by atoms with Crippen LogP contribution in [0.1, 0.15) is 35.9 Å². The third-order valence-electron chi connectivity index (χ3n) is 3.30. The van der Waals surface area contributed by atoms with E-state index in [2.05, 4.69) is 10.4 Å². The van der Waals surface area contributed by atoms with Gasteiger partial charge in [0.25, 0.3) is 5.91 Å². The van der Waals surface area contributed by atoms with Gasteiger partial charge in [-0.05, 0) is 31.5 Å². The molecule has 6 nitrogen and oxygen atoms in total. The van der Waals surface area contributed by atoms with Crippen molar-refractivity contribution in [1.82, 2.24) is 15.1 Å². The highest BCUT2D eigenvalue weighted by molar-refractivity contribution is 5.95. The van der Waals surface area contributed by atoms with Crippen molar-refractivity contribution in [2.45, 2.75) is 32.7 Å². The van der Waals surface area contributed by atoms with E-state index < -0.39 is 17.9 Å². The summed E-state index contributed by atoms with van der Waals surface area (Å²) in [5.41, 5.74) is 1.87. The van der Waals surface area contributed by atoms with Gasteiger partial charge in [-0.15, -0.1) is 0 Å². The first-order chi connectivity index (χ1) is 10.5. The number of aryl methyl sites for hydroxylation is 1. The van der Waals surface area contributed by atoms with Crippen LogP contribution >= 0.6 is 0 Å². The van der Waals surface area contributed by atoms with Crippen LogP contribution in [0.4, 0.5) is 0 Å². The molecule has 0 radical (unpaired) electrons. The minimum atomic E-state index is -1.03. The highest BCUT2D eigenvalue weighted by Crippen LogP contribution is 2.12. The van der Waals surface area contributed by atoms with Gasteiger partial charge in [0.1, 0.15) is 6.04 Å². The Labute approximate surface area is 128 Å². The second-order valence-electron chi connectivity index (χ2n) is 5.07. The molecule has 2 aromatic rings. The molecule has 0 saturated heterocycles. The van der Waals surface area contributed by atoms with Gasteiger partial charge in [-0.3, -0.25) is 4.79 Å². The number of benzene rings is 1. The van der Waals surface area contributed by atoms with E-state index in [-0.39, 0.29) is 5.69 Å². The maximum absolute atomic E-state index is 12.2. The number of carboxylic acid groups (broad SMARTS) is 1. The fraction of sp³-hybridized carbons (Fsp3) is 0.312. The Balaban J connectivity index is 2.20. The molecule has 0 aliphatic rings. The molecule has 0 spiro atoms. The average molecular weight is 301 g/mol. The molecule has 0 aliphatic heterocycles. The van der Waals surface area contributed by atoms with E-state index in [0.717, 1.165) is 11.4 Å². The van der Waals surface area contributed by atoms with Gasteiger partial charge < -0.3 is 10.4 Å². The Kier molecular flexibility index (Phi) is 4.93. The second-order valence-corrected chi connectivity index (χ2v) is 5.07. The first kappa shape index (κ1) is 15.8. The minimum Gasteiger partial charge on any atom is -0.480 e. The molecule has 1 aromatic carbocycles. The van der Waals surface area contributed by atoms with Gasteiger partial charge in [0, 0.05) is 5.69 Å². The Bertz CT molecular complexity index is 665. The zero-order valence-electron chi connectivity index (χ0n) is 12.6. The third kappa shape index (κ3) is 3.52. The zero-order valence-corrected chi connectivity index (χ0v) is 12.6. The van der Waals surface area contributed by atoms with Crippen LogP contribution in [0, 0.1) is 6.92 Å². The standard InChI is InChI=1S/C16H19N3O3/c1-3-7-13(16(21)22)17-15(20)14-10-11(2)19(18-14)12-8-5-4-6-9-12/h4-6,8-10,13H,3,7H2,1-2H3,(H,17,20)(H,21,22)/t13-/m0/s1. The number of nitrogens with zero attached hydrogens (tertiary/aromatic N) is 2. The maximum atomic E-state index is 12.2. The number of aromatic nitrogens is 2. The van der Waals surface area contributed by atoms with E-state index in [1.807, 2.05) is 44.2 Å². The van der Waals surface area contributed by atoms with Crippen LogP contribution in [0.5, 0.6) is 0 Å². The van der Waals surface area contributed by atoms with E-state index >= 15 is 0 Å². The fourth-order valence-electron chi connectivity index (χ4n) is 2.19. The van der Waals surface area contributed by atoms with E-state index in [9.17, 15) is 9.59 Å². The predicted molar refractivity (Wildman–Crippen MR) is 82.1 cm³/mol. The molecule has 1 aromatic heterocycles. The summed E-state index contributed by atoms with van der Waals surface area (Å²) in [5.74, 6) is -1.51. The van der Waals surface area contributed by atoms with Crippen LogP contribution in [0.2, 0.25) is 0 Å². The topological polar surface area (TPSA) is 84.2 Å². The number of amides is 1. The SMILES string of the molecule is CCC[C@H](NC(=O)c1cc(C)n(-c2ccccc2)n1)C(=O)O. The summed E-state index contributed by atoms with van der Waals surface area (Å²) < 4.78 is 1.66. The molecule has 0 aliphatic carbocycles. The van der Waals surface area contributed by atoms with Crippen molar-refractivity contribution in [2.24, 2.45) is 0 Å². The predicted octanol–water partition coefficient (Wildman–Crippen LogP) is 2.16. The van der Waals surface area contributed by atoms with Gasteiger partial charge in [-0.2, -0.15) is 5.10 Å². The van der Waals surface area contributed by atoms with E-state index in [0.29, 0.717) is 12.8 Å². The lowest BCUT2D eigenvalue weighted by Crippen LogP contribution is -2.40. The summed E-state index contributed by atoms with van der Waals surface area (Å²) in [6.07, 6.45) is 1.06. The maximum Gasteiger partial charge on any atom is 0.326 e. The van der Waals surface area contributed by atoms with Gasteiger partial charge in [0.15, 0.2) is 5.69 Å². The number of aliphatic carboxylic acids is 1. The van der Waals surface area contributed by atoms with Crippen LogP contribution in [-0.4, -0.2) is 32.8 Å². The van der Waals surface area contributed by atoms with E-state index in [4.69, 9.17) is 5.11 Å². The quantitative estimate of drug-likeness (QED) is 0.856. The molecule has 0 unspecified atom stereocenters. The molecule has 0 bridgehead atoms. The molecular formula is C16H19N3O3. The Hall–Kier alpha value is -2.63. The molecule has 0 saturated carbocycles. The van der Waals surface area contributed by atoms with Crippen molar-refractivity contribution in [3.8, 4) is 5.69 Å². The number of nitrogens with one attached hydrogen (secondary N) is 1. The average Bonchev–Trinajstić information content (AvgIpc) is 2.89. The first-order valence-electron chi connectivity index (χ1n) is 7.18. The molecule has 0 fully saturated rings. The van der Waals surface area contributed by atoms with E-state index in [1.165, 1.54) is 0 Å². The molecule has 1 atom stereocenters. The Morgan fingerprint density at radius 1 is 1.32 bits per heavy atom. The van der Waals surface area contributed by atoms with Gasteiger partial charge >= 0.3 is 5.97 Å². The third-order valence-corrected chi connectivity index (χ3v) is 3.30. The van der Waals surface area contributed by atoms with Crippen LogP contribution in [-0.2, 0) is 4.79 Å².